The minimum Gasteiger partial charge on any atom is -0.369 e. The number of para-hydroxylation sites is 1. The van der Waals surface area contributed by atoms with E-state index in [-0.39, 0.29) is 11.3 Å². The van der Waals surface area contributed by atoms with Crippen molar-refractivity contribution in [2.45, 2.75) is 24.6 Å². The summed E-state index contributed by atoms with van der Waals surface area (Å²) in [5, 5.41) is 0. The molecule has 1 aromatic carbocycles. The second-order valence-corrected chi connectivity index (χ2v) is 5.30. The summed E-state index contributed by atoms with van der Waals surface area (Å²) in [7, 11) is 6.19. The van der Waals surface area contributed by atoms with Gasteiger partial charge in [0.05, 0.1) is 0 Å². The van der Waals surface area contributed by atoms with Crippen LogP contribution in [0.25, 0.3) is 0 Å². The average Bonchev–Trinajstić information content (AvgIpc) is 2.73. The number of benzene rings is 1. The maximum Gasteiger partial charge on any atom is 0.132 e. The zero-order valence-corrected chi connectivity index (χ0v) is 11.0. The van der Waals surface area contributed by atoms with Crippen molar-refractivity contribution in [1.29, 1.82) is 0 Å². The van der Waals surface area contributed by atoms with Gasteiger partial charge in [-0.3, -0.25) is 4.90 Å². The lowest BCUT2D eigenvalue weighted by atomic mass is 9.85. The van der Waals surface area contributed by atoms with E-state index < -0.39 is 0 Å². The highest BCUT2D eigenvalue weighted by Crippen LogP contribution is 2.57. The lowest BCUT2D eigenvalue weighted by Crippen LogP contribution is -2.59. The van der Waals surface area contributed by atoms with Crippen molar-refractivity contribution < 1.29 is 4.74 Å². The second kappa shape index (κ2) is 3.24. The Balaban J connectivity index is 2.28. The molecular formula is C14H20N2O. The molecule has 2 atom stereocenters. The van der Waals surface area contributed by atoms with Crippen LogP contribution in [0.1, 0.15) is 18.9 Å². The molecule has 0 N–H and O–H groups in total. The minimum atomic E-state index is -0.187. The SMILES string of the molecule is CO[C@@]12CCN(C)[C@]1(C)N(C)c1ccccc12. The number of anilines is 1. The van der Waals surface area contributed by atoms with Crippen molar-refractivity contribution in [2.24, 2.45) is 0 Å². The molecule has 0 bridgehead atoms. The molecule has 0 amide bonds. The van der Waals surface area contributed by atoms with E-state index in [1.807, 2.05) is 7.11 Å². The van der Waals surface area contributed by atoms with Gasteiger partial charge < -0.3 is 9.64 Å². The van der Waals surface area contributed by atoms with Crippen LogP contribution in [0, 0.1) is 0 Å². The number of likely N-dealkylation sites (tertiary alicyclic amines) is 1. The molecule has 1 fully saturated rings. The minimum absolute atomic E-state index is 0.0779. The van der Waals surface area contributed by atoms with E-state index in [9.17, 15) is 0 Å². The van der Waals surface area contributed by atoms with Crippen LogP contribution in [0.5, 0.6) is 0 Å². The summed E-state index contributed by atoms with van der Waals surface area (Å²) in [5.41, 5.74) is 2.36. The van der Waals surface area contributed by atoms with E-state index >= 15 is 0 Å². The van der Waals surface area contributed by atoms with Crippen LogP contribution in [0.15, 0.2) is 24.3 Å². The Kier molecular flexibility index (Phi) is 2.11. The molecule has 3 heteroatoms. The van der Waals surface area contributed by atoms with Crippen molar-refractivity contribution in [3.8, 4) is 0 Å². The normalized spacial score (nSPS) is 36.1. The standard InChI is InChI=1S/C14H20N2O/c1-13-14(17-4,9-10-15(13)2)11-7-5-6-8-12(11)16(13)3/h5-8H,9-10H2,1-4H3/t13-,14-/m1/s1. The van der Waals surface area contributed by atoms with Gasteiger partial charge in [-0.25, -0.2) is 0 Å². The van der Waals surface area contributed by atoms with Crippen LogP contribution in [-0.4, -0.2) is 38.3 Å². The monoisotopic (exact) mass is 232 g/mol. The molecule has 0 radical (unpaired) electrons. The molecule has 92 valence electrons. The van der Waals surface area contributed by atoms with Crippen LogP contribution >= 0.6 is 0 Å². The van der Waals surface area contributed by atoms with E-state index in [0.29, 0.717) is 0 Å². The van der Waals surface area contributed by atoms with Crippen LogP contribution in [0.3, 0.4) is 0 Å². The number of hydrogen-bond donors (Lipinski definition) is 0. The molecule has 0 saturated carbocycles. The van der Waals surface area contributed by atoms with Crippen LogP contribution in [0.4, 0.5) is 5.69 Å². The highest BCUT2D eigenvalue weighted by atomic mass is 16.5. The molecule has 0 aromatic heterocycles. The molecule has 2 aliphatic rings. The van der Waals surface area contributed by atoms with Gasteiger partial charge in [-0.2, -0.15) is 0 Å². The first-order valence-electron chi connectivity index (χ1n) is 6.17. The van der Waals surface area contributed by atoms with Crippen molar-refractivity contribution in [1.82, 2.24) is 4.90 Å². The Morgan fingerprint density at radius 3 is 2.65 bits per heavy atom. The molecule has 2 aliphatic heterocycles. The number of hydrogen-bond acceptors (Lipinski definition) is 3. The molecule has 3 rings (SSSR count). The first kappa shape index (κ1) is 11.1. The van der Waals surface area contributed by atoms with Crippen molar-refractivity contribution in [3.05, 3.63) is 29.8 Å². The first-order chi connectivity index (χ1) is 8.08. The van der Waals surface area contributed by atoms with E-state index in [1.54, 1.807) is 0 Å². The van der Waals surface area contributed by atoms with Crippen molar-refractivity contribution in [3.63, 3.8) is 0 Å². The lowest BCUT2D eigenvalue weighted by Gasteiger charge is -2.45. The van der Waals surface area contributed by atoms with Gasteiger partial charge in [0.2, 0.25) is 0 Å². The Bertz CT molecular complexity index is 461. The van der Waals surface area contributed by atoms with Crippen LogP contribution < -0.4 is 4.90 Å². The van der Waals surface area contributed by atoms with Gasteiger partial charge in [0.25, 0.3) is 0 Å². The molecule has 1 saturated heterocycles. The summed E-state index contributed by atoms with van der Waals surface area (Å²) in [5.74, 6) is 0. The molecular weight excluding hydrogens is 212 g/mol. The third kappa shape index (κ3) is 1.00. The molecule has 0 aliphatic carbocycles. The Morgan fingerprint density at radius 2 is 1.94 bits per heavy atom. The number of rotatable bonds is 1. The smallest absolute Gasteiger partial charge is 0.132 e. The summed E-state index contributed by atoms with van der Waals surface area (Å²) in [6.07, 6.45) is 1.05. The molecule has 17 heavy (non-hydrogen) atoms. The van der Waals surface area contributed by atoms with Crippen molar-refractivity contribution in [2.75, 3.05) is 32.6 Å². The summed E-state index contributed by atoms with van der Waals surface area (Å²) in [6, 6.07) is 8.61. The van der Waals surface area contributed by atoms with Gasteiger partial charge in [0, 0.05) is 32.0 Å². The van der Waals surface area contributed by atoms with Gasteiger partial charge in [0.15, 0.2) is 0 Å². The zero-order valence-electron chi connectivity index (χ0n) is 11.0. The van der Waals surface area contributed by atoms with Crippen LogP contribution in [-0.2, 0) is 10.3 Å². The van der Waals surface area contributed by atoms with E-state index in [4.69, 9.17) is 4.74 Å². The number of nitrogens with zero attached hydrogens (tertiary/aromatic N) is 2. The maximum atomic E-state index is 6.01. The second-order valence-electron chi connectivity index (χ2n) is 5.30. The fraction of sp³-hybridized carbons (Fsp3) is 0.571. The van der Waals surface area contributed by atoms with E-state index in [1.165, 1.54) is 11.3 Å². The van der Waals surface area contributed by atoms with Crippen LogP contribution in [0.2, 0.25) is 0 Å². The summed E-state index contributed by atoms with van der Waals surface area (Å²) < 4.78 is 6.01. The van der Waals surface area contributed by atoms with Gasteiger partial charge in [-0.1, -0.05) is 18.2 Å². The molecule has 0 unspecified atom stereocenters. The predicted molar refractivity (Wildman–Crippen MR) is 69.2 cm³/mol. The highest BCUT2D eigenvalue weighted by Gasteiger charge is 2.64. The van der Waals surface area contributed by atoms with Crippen molar-refractivity contribution >= 4 is 5.69 Å². The topological polar surface area (TPSA) is 15.7 Å². The molecule has 3 nitrogen and oxygen atoms in total. The van der Waals surface area contributed by atoms with Gasteiger partial charge >= 0.3 is 0 Å². The maximum absolute atomic E-state index is 6.01. The third-order valence-electron chi connectivity index (χ3n) is 5.01. The van der Waals surface area contributed by atoms with E-state index in [2.05, 4.69) is 55.1 Å². The Hall–Kier alpha value is -1.06. The fourth-order valence-corrected chi connectivity index (χ4v) is 3.75. The lowest BCUT2D eigenvalue weighted by molar-refractivity contribution is -0.0740. The largest absolute Gasteiger partial charge is 0.369 e. The number of ether oxygens (including phenoxy) is 1. The predicted octanol–water partition coefficient (Wildman–Crippen LogP) is 2.03. The Labute approximate surface area is 103 Å². The molecule has 0 spiro atoms. The van der Waals surface area contributed by atoms with Gasteiger partial charge in [-0.05, 0) is 26.5 Å². The first-order valence-corrected chi connectivity index (χ1v) is 6.17. The average molecular weight is 232 g/mol. The van der Waals surface area contributed by atoms with Gasteiger partial charge in [0.1, 0.15) is 11.3 Å². The number of methoxy groups -OCH3 is 1. The molecule has 1 aromatic rings. The Morgan fingerprint density at radius 1 is 1.24 bits per heavy atom. The summed E-state index contributed by atoms with van der Waals surface area (Å²) in [6.45, 7) is 3.35. The summed E-state index contributed by atoms with van der Waals surface area (Å²) >= 11 is 0. The summed E-state index contributed by atoms with van der Waals surface area (Å²) in [4.78, 5) is 4.76. The number of fused-ring (bicyclic) bond motifs is 3. The van der Waals surface area contributed by atoms with E-state index in [0.717, 1.165) is 13.0 Å². The fourth-order valence-electron chi connectivity index (χ4n) is 3.75. The molecule has 2 heterocycles. The number of likely N-dealkylation sites (N-methyl/N-ethyl adjacent to an activating group) is 2. The third-order valence-corrected chi connectivity index (χ3v) is 5.01. The van der Waals surface area contributed by atoms with Gasteiger partial charge in [-0.15, -0.1) is 0 Å². The quantitative estimate of drug-likeness (QED) is 0.737. The highest BCUT2D eigenvalue weighted by molar-refractivity contribution is 5.65. The zero-order chi connectivity index (χ0) is 12.3.